The van der Waals surface area contributed by atoms with Gasteiger partial charge in [0.25, 0.3) is 0 Å². The predicted octanol–water partition coefficient (Wildman–Crippen LogP) is 4.84. The fourth-order valence-electron chi connectivity index (χ4n) is 2.87. The third-order valence-corrected chi connectivity index (χ3v) is 4.63. The second kappa shape index (κ2) is 5.59. The SMILES string of the molecule is Cc1cc(I)ccc1NC1CCC(C)CC1C. The minimum Gasteiger partial charge on any atom is -0.382 e. The minimum atomic E-state index is 0.657. The van der Waals surface area contributed by atoms with Gasteiger partial charge in [-0.25, -0.2) is 0 Å². The molecule has 0 bridgehead atoms. The van der Waals surface area contributed by atoms with Crippen LogP contribution in [0.25, 0.3) is 0 Å². The maximum atomic E-state index is 3.74. The molecule has 1 aliphatic rings. The lowest BCUT2D eigenvalue weighted by atomic mass is 9.80. The predicted molar refractivity (Wildman–Crippen MR) is 83.5 cm³/mol. The van der Waals surface area contributed by atoms with Crippen molar-refractivity contribution in [3.63, 3.8) is 0 Å². The van der Waals surface area contributed by atoms with Crippen LogP contribution in [0.2, 0.25) is 0 Å². The Morgan fingerprint density at radius 3 is 2.65 bits per heavy atom. The molecule has 0 amide bonds. The van der Waals surface area contributed by atoms with Crippen molar-refractivity contribution in [1.29, 1.82) is 0 Å². The van der Waals surface area contributed by atoms with Gasteiger partial charge in [0.15, 0.2) is 0 Å². The number of hydrogen-bond acceptors (Lipinski definition) is 1. The Bertz CT molecular complexity index is 389. The minimum absolute atomic E-state index is 0.657. The molecule has 0 aliphatic heterocycles. The zero-order valence-electron chi connectivity index (χ0n) is 11.0. The van der Waals surface area contributed by atoms with Gasteiger partial charge in [-0.05, 0) is 84.4 Å². The summed E-state index contributed by atoms with van der Waals surface area (Å²) in [5.74, 6) is 1.69. The van der Waals surface area contributed by atoms with Gasteiger partial charge in [0.05, 0.1) is 0 Å². The maximum Gasteiger partial charge on any atom is 0.0372 e. The van der Waals surface area contributed by atoms with Crippen LogP contribution < -0.4 is 5.32 Å². The van der Waals surface area contributed by atoms with E-state index in [0.717, 1.165) is 11.8 Å². The van der Waals surface area contributed by atoms with Gasteiger partial charge < -0.3 is 5.32 Å². The number of benzene rings is 1. The molecule has 0 radical (unpaired) electrons. The van der Waals surface area contributed by atoms with E-state index >= 15 is 0 Å². The second-order valence-corrected chi connectivity index (χ2v) is 6.85. The molecular weight excluding hydrogens is 321 g/mol. The average molecular weight is 343 g/mol. The summed E-state index contributed by atoms with van der Waals surface area (Å²) in [4.78, 5) is 0. The van der Waals surface area contributed by atoms with Crippen LogP contribution in [0.15, 0.2) is 18.2 Å². The molecule has 94 valence electrons. The molecule has 0 aromatic heterocycles. The van der Waals surface area contributed by atoms with Gasteiger partial charge in [0.1, 0.15) is 0 Å². The first-order chi connectivity index (χ1) is 8.06. The van der Waals surface area contributed by atoms with Crippen molar-refractivity contribution in [2.45, 2.75) is 46.1 Å². The van der Waals surface area contributed by atoms with E-state index in [1.54, 1.807) is 0 Å². The lowest BCUT2D eigenvalue weighted by molar-refractivity contribution is 0.276. The van der Waals surface area contributed by atoms with E-state index in [1.165, 1.54) is 34.1 Å². The average Bonchev–Trinajstić information content (AvgIpc) is 2.25. The lowest BCUT2D eigenvalue weighted by Crippen LogP contribution is -2.33. The van der Waals surface area contributed by atoms with Crippen LogP contribution in [0.1, 0.15) is 38.7 Å². The Balaban J connectivity index is 2.05. The molecule has 3 unspecified atom stereocenters. The summed E-state index contributed by atoms with van der Waals surface area (Å²) in [6.45, 7) is 6.96. The fraction of sp³-hybridized carbons (Fsp3) is 0.600. The molecule has 1 aliphatic carbocycles. The van der Waals surface area contributed by atoms with Crippen molar-refractivity contribution in [2.75, 3.05) is 5.32 Å². The molecule has 2 rings (SSSR count). The van der Waals surface area contributed by atoms with Crippen LogP contribution in [0.5, 0.6) is 0 Å². The van der Waals surface area contributed by atoms with Crippen molar-refractivity contribution in [2.24, 2.45) is 11.8 Å². The van der Waals surface area contributed by atoms with E-state index in [1.807, 2.05) is 0 Å². The van der Waals surface area contributed by atoms with Crippen LogP contribution >= 0.6 is 22.6 Å². The normalized spacial score (nSPS) is 29.1. The Kier molecular flexibility index (Phi) is 4.34. The Morgan fingerprint density at radius 1 is 1.24 bits per heavy atom. The zero-order chi connectivity index (χ0) is 12.4. The van der Waals surface area contributed by atoms with Crippen LogP contribution in [-0.2, 0) is 0 Å². The monoisotopic (exact) mass is 343 g/mol. The highest BCUT2D eigenvalue weighted by Crippen LogP contribution is 2.31. The van der Waals surface area contributed by atoms with Gasteiger partial charge in [-0.15, -0.1) is 0 Å². The first kappa shape index (κ1) is 13.2. The number of hydrogen-bond donors (Lipinski definition) is 1. The Labute approximate surface area is 119 Å². The van der Waals surface area contributed by atoms with E-state index < -0.39 is 0 Å². The van der Waals surface area contributed by atoms with E-state index in [9.17, 15) is 0 Å². The topological polar surface area (TPSA) is 12.0 Å². The smallest absolute Gasteiger partial charge is 0.0372 e. The van der Waals surface area contributed by atoms with Gasteiger partial charge >= 0.3 is 0 Å². The molecule has 1 saturated carbocycles. The standard InChI is InChI=1S/C15H22IN/c1-10-4-6-14(11(2)8-10)17-15-7-5-13(16)9-12(15)3/h5,7,9-11,14,17H,4,6,8H2,1-3H3. The molecule has 0 saturated heterocycles. The second-order valence-electron chi connectivity index (χ2n) is 5.61. The summed E-state index contributed by atoms with van der Waals surface area (Å²) < 4.78 is 1.32. The molecule has 17 heavy (non-hydrogen) atoms. The number of nitrogens with one attached hydrogen (secondary N) is 1. The van der Waals surface area contributed by atoms with Crippen molar-refractivity contribution >= 4 is 28.3 Å². The van der Waals surface area contributed by atoms with Gasteiger partial charge in [0.2, 0.25) is 0 Å². The highest BCUT2D eigenvalue weighted by atomic mass is 127. The zero-order valence-corrected chi connectivity index (χ0v) is 13.1. The highest BCUT2D eigenvalue weighted by Gasteiger charge is 2.25. The first-order valence-electron chi connectivity index (χ1n) is 6.59. The Hall–Kier alpha value is -0.250. The van der Waals surface area contributed by atoms with Crippen LogP contribution in [0.3, 0.4) is 0 Å². The number of halogens is 1. The Morgan fingerprint density at radius 2 is 2.00 bits per heavy atom. The molecule has 1 aromatic carbocycles. The van der Waals surface area contributed by atoms with Gasteiger partial charge in [0, 0.05) is 15.3 Å². The van der Waals surface area contributed by atoms with E-state index in [2.05, 4.69) is 66.9 Å². The quantitative estimate of drug-likeness (QED) is 0.758. The van der Waals surface area contributed by atoms with Crippen LogP contribution in [0, 0.1) is 22.3 Å². The summed E-state index contributed by atoms with van der Waals surface area (Å²) in [6.07, 6.45) is 4.04. The lowest BCUT2D eigenvalue weighted by Gasteiger charge is -2.34. The van der Waals surface area contributed by atoms with Gasteiger partial charge in [-0.3, -0.25) is 0 Å². The maximum absolute atomic E-state index is 3.74. The summed E-state index contributed by atoms with van der Waals surface area (Å²) in [5, 5.41) is 3.74. The number of anilines is 1. The molecule has 1 N–H and O–H groups in total. The van der Waals surface area contributed by atoms with Gasteiger partial charge in [-0.1, -0.05) is 13.8 Å². The first-order valence-corrected chi connectivity index (χ1v) is 7.67. The van der Waals surface area contributed by atoms with E-state index in [-0.39, 0.29) is 0 Å². The summed E-state index contributed by atoms with van der Waals surface area (Å²) in [7, 11) is 0. The largest absolute Gasteiger partial charge is 0.382 e. The summed E-state index contributed by atoms with van der Waals surface area (Å²) in [5.41, 5.74) is 2.68. The third kappa shape index (κ3) is 3.36. The van der Waals surface area contributed by atoms with Crippen molar-refractivity contribution < 1.29 is 0 Å². The van der Waals surface area contributed by atoms with Crippen LogP contribution in [0.4, 0.5) is 5.69 Å². The molecule has 1 fully saturated rings. The van der Waals surface area contributed by atoms with Gasteiger partial charge in [-0.2, -0.15) is 0 Å². The summed E-state index contributed by atoms with van der Waals surface area (Å²) >= 11 is 2.37. The molecule has 2 heteroatoms. The fourth-order valence-corrected chi connectivity index (χ4v) is 3.52. The molecule has 0 spiro atoms. The molecule has 3 atom stereocenters. The van der Waals surface area contributed by atoms with E-state index in [4.69, 9.17) is 0 Å². The molecular formula is C15H22IN. The van der Waals surface area contributed by atoms with E-state index in [0.29, 0.717) is 6.04 Å². The number of aryl methyl sites for hydroxylation is 1. The number of rotatable bonds is 2. The highest BCUT2D eigenvalue weighted by molar-refractivity contribution is 14.1. The molecule has 1 aromatic rings. The molecule has 0 heterocycles. The summed E-state index contributed by atoms with van der Waals surface area (Å²) in [6, 6.07) is 7.32. The third-order valence-electron chi connectivity index (χ3n) is 3.96. The molecule has 1 nitrogen and oxygen atoms in total. The van der Waals surface area contributed by atoms with Crippen molar-refractivity contribution in [3.05, 3.63) is 27.3 Å². The van der Waals surface area contributed by atoms with Crippen molar-refractivity contribution in [1.82, 2.24) is 0 Å². The van der Waals surface area contributed by atoms with Crippen molar-refractivity contribution in [3.8, 4) is 0 Å². The van der Waals surface area contributed by atoms with Crippen LogP contribution in [-0.4, -0.2) is 6.04 Å².